The molecular formula is C9H17NO8. The van der Waals surface area contributed by atoms with Gasteiger partial charge in [-0.25, -0.2) is 4.79 Å². The van der Waals surface area contributed by atoms with Gasteiger partial charge in [-0.05, 0) is 0 Å². The second-order valence-electron chi connectivity index (χ2n) is 4.26. The zero-order valence-electron chi connectivity index (χ0n) is 9.38. The Morgan fingerprint density at radius 1 is 1.50 bits per heavy atom. The molecule has 9 nitrogen and oxygen atoms in total. The Morgan fingerprint density at radius 2 is 2.06 bits per heavy atom. The summed E-state index contributed by atoms with van der Waals surface area (Å²) in [4.78, 5) is 10.8. The summed E-state index contributed by atoms with van der Waals surface area (Å²) in [5, 5.41) is 55.5. The lowest BCUT2D eigenvalue weighted by atomic mass is 9.89. The number of aliphatic hydroxyl groups excluding tert-OH is 4. The van der Waals surface area contributed by atoms with Crippen LogP contribution in [0, 0.1) is 0 Å². The summed E-state index contributed by atoms with van der Waals surface area (Å²) in [6.07, 6.45) is -7.01. The molecule has 5 unspecified atom stereocenters. The van der Waals surface area contributed by atoms with Crippen LogP contribution in [-0.2, 0) is 9.53 Å². The van der Waals surface area contributed by atoms with Crippen LogP contribution in [0.1, 0.15) is 6.42 Å². The molecule has 18 heavy (non-hydrogen) atoms. The molecule has 1 aliphatic heterocycles. The van der Waals surface area contributed by atoms with Gasteiger partial charge in [-0.3, -0.25) is 0 Å². The summed E-state index contributed by atoms with van der Waals surface area (Å²) >= 11 is 0. The molecule has 0 radical (unpaired) electrons. The van der Waals surface area contributed by atoms with Crippen molar-refractivity contribution in [1.82, 2.24) is 0 Å². The maximum absolute atomic E-state index is 10.8. The number of carbonyl (C=O) groups is 1. The van der Waals surface area contributed by atoms with Crippen LogP contribution < -0.4 is 5.73 Å². The van der Waals surface area contributed by atoms with E-state index in [0.717, 1.165) is 0 Å². The van der Waals surface area contributed by atoms with Crippen molar-refractivity contribution in [1.29, 1.82) is 0 Å². The van der Waals surface area contributed by atoms with Gasteiger partial charge in [-0.1, -0.05) is 0 Å². The van der Waals surface area contributed by atoms with Crippen LogP contribution in [0.4, 0.5) is 0 Å². The van der Waals surface area contributed by atoms with Gasteiger partial charge in [0.05, 0.1) is 18.8 Å². The van der Waals surface area contributed by atoms with E-state index in [-0.39, 0.29) is 0 Å². The normalized spacial score (nSPS) is 40.2. The topological polar surface area (TPSA) is 174 Å². The summed E-state index contributed by atoms with van der Waals surface area (Å²) in [5.41, 5.74) is 5.51. The Kier molecular flexibility index (Phi) is 4.61. The van der Waals surface area contributed by atoms with E-state index >= 15 is 0 Å². The Morgan fingerprint density at radius 3 is 2.50 bits per heavy atom. The maximum atomic E-state index is 10.8. The predicted molar refractivity (Wildman–Crippen MR) is 55.2 cm³/mol. The summed E-state index contributed by atoms with van der Waals surface area (Å²) in [5.74, 6) is -4.44. The van der Waals surface area contributed by atoms with E-state index in [4.69, 9.17) is 20.7 Å². The van der Waals surface area contributed by atoms with Gasteiger partial charge in [-0.2, -0.15) is 0 Å². The first-order chi connectivity index (χ1) is 8.23. The van der Waals surface area contributed by atoms with Crippen LogP contribution in [-0.4, -0.2) is 79.5 Å². The number of nitrogens with two attached hydrogens (primary N) is 1. The van der Waals surface area contributed by atoms with Crippen LogP contribution in [0.5, 0.6) is 0 Å². The van der Waals surface area contributed by atoms with Gasteiger partial charge >= 0.3 is 5.97 Å². The number of rotatable bonds is 4. The van der Waals surface area contributed by atoms with Crippen LogP contribution in [0.2, 0.25) is 0 Å². The highest BCUT2D eigenvalue weighted by molar-refractivity contribution is 5.75. The van der Waals surface area contributed by atoms with Crippen molar-refractivity contribution in [2.24, 2.45) is 5.73 Å². The first-order valence-corrected chi connectivity index (χ1v) is 5.27. The van der Waals surface area contributed by atoms with Crippen molar-refractivity contribution < 1.29 is 40.2 Å². The van der Waals surface area contributed by atoms with Gasteiger partial charge < -0.3 is 41.1 Å². The summed E-state index contributed by atoms with van der Waals surface area (Å²) in [6.45, 7) is -0.810. The fourth-order valence-electron chi connectivity index (χ4n) is 1.75. The van der Waals surface area contributed by atoms with Crippen molar-refractivity contribution in [2.75, 3.05) is 6.61 Å². The van der Waals surface area contributed by atoms with Gasteiger partial charge in [0.15, 0.2) is 0 Å². The third-order valence-corrected chi connectivity index (χ3v) is 2.89. The molecule has 0 aliphatic carbocycles. The van der Waals surface area contributed by atoms with Gasteiger partial charge in [0.25, 0.3) is 5.79 Å². The number of carboxylic acid groups (broad SMARTS) is 1. The number of aliphatic hydroxyl groups is 5. The third kappa shape index (κ3) is 2.78. The van der Waals surface area contributed by atoms with E-state index < -0.39 is 55.2 Å². The first kappa shape index (κ1) is 15.2. The molecule has 0 bridgehead atoms. The van der Waals surface area contributed by atoms with E-state index in [0.29, 0.717) is 0 Å². The summed E-state index contributed by atoms with van der Waals surface area (Å²) < 4.78 is 4.75. The Balaban J connectivity index is 2.92. The first-order valence-electron chi connectivity index (χ1n) is 5.27. The second-order valence-corrected chi connectivity index (χ2v) is 4.26. The van der Waals surface area contributed by atoms with Gasteiger partial charge in [0.2, 0.25) is 0 Å². The predicted octanol–water partition coefficient (Wildman–Crippen LogP) is -4.05. The van der Waals surface area contributed by atoms with Crippen LogP contribution in [0.3, 0.4) is 0 Å². The quantitative estimate of drug-likeness (QED) is 0.267. The van der Waals surface area contributed by atoms with Gasteiger partial charge in [0.1, 0.15) is 18.3 Å². The average molecular weight is 267 g/mol. The van der Waals surface area contributed by atoms with Crippen LogP contribution in [0.25, 0.3) is 0 Å². The summed E-state index contributed by atoms with van der Waals surface area (Å²) in [7, 11) is 0. The third-order valence-electron chi connectivity index (χ3n) is 2.89. The molecule has 9 heteroatoms. The van der Waals surface area contributed by atoms with Crippen molar-refractivity contribution in [3.8, 4) is 0 Å². The lowest BCUT2D eigenvalue weighted by Gasteiger charge is -2.43. The number of aliphatic carboxylic acids is 1. The van der Waals surface area contributed by atoms with Crippen LogP contribution >= 0.6 is 0 Å². The molecule has 0 saturated carbocycles. The molecule has 0 aromatic heterocycles. The smallest absolute Gasteiger partial charge is 0.364 e. The number of ether oxygens (including phenoxy) is 1. The molecule has 1 heterocycles. The van der Waals surface area contributed by atoms with Crippen molar-refractivity contribution in [3.63, 3.8) is 0 Å². The molecule has 0 spiro atoms. The molecule has 0 aromatic rings. The fourth-order valence-corrected chi connectivity index (χ4v) is 1.75. The fraction of sp³-hybridized carbons (Fsp3) is 0.889. The van der Waals surface area contributed by atoms with Crippen LogP contribution in [0.15, 0.2) is 0 Å². The monoisotopic (exact) mass is 267 g/mol. The Bertz CT molecular complexity index is 313. The molecule has 0 amide bonds. The Hall–Kier alpha value is -0.810. The molecular weight excluding hydrogens is 250 g/mol. The highest BCUT2D eigenvalue weighted by atomic mass is 16.7. The molecule has 6 atom stereocenters. The van der Waals surface area contributed by atoms with Crippen molar-refractivity contribution in [3.05, 3.63) is 0 Å². The van der Waals surface area contributed by atoms with Crippen molar-refractivity contribution in [2.45, 2.75) is 42.7 Å². The molecule has 1 saturated heterocycles. The maximum Gasteiger partial charge on any atom is 0.364 e. The highest BCUT2D eigenvalue weighted by Crippen LogP contribution is 2.29. The van der Waals surface area contributed by atoms with E-state index in [1.807, 2.05) is 0 Å². The largest absolute Gasteiger partial charge is 0.477 e. The minimum atomic E-state index is -2.70. The standard InChI is InChI=1S/C9H17NO8/c10-5-3(12)1-9(17,8(15)16)18-7(5)6(14)4(13)2-11/h3-7,11-14,17H,1-2,10H2,(H,15,16)/t3?,4?,5?,6-,7?,9?/m1/s1. The minimum Gasteiger partial charge on any atom is -0.477 e. The SMILES string of the molecule is NC1C(O)CC(O)(C(=O)O)OC1[C@H](O)C(O)CO. The second kappa shape index (κ2) is 5.45. The average Bonchev–Trinajstić information content (AvgIpc) is 2.31. The molecule has 1 aliphatic rings. The molecule has 1 fully saturated rings. The van der Waals surface area contributed by atoms with E-state index in [1.165, 1.54) is 0 Å². The van der Waals surface area contributed by atoms with E-state index in [9.17, 15) is 25.2 Å². The molecule has 1 rings (SSSR count). The van der Waals surface area contributed by atoms with Crippen molar-refractivity contribution >= 4 is 5.97 Å². The van der Waals surface area contributed by atoms with E-state index in [1.54, 1.807) is 0 Å². The lowest BCUT2D eigenvalue weighted by molar-refractivity contribution is -0.292. The molecule has 106 valence electrons. The highest BCUT2D eigenvalue weighted by Gasteiger charge is 2.52. The number of hydrogen-bond donors (Lipinski definition) is 7. The Labute approximate surface area is 102 Å². The zero-order chi connectivity index (χ0) is 14.1. The van der Waals surface area contributed by atoms with Gasteiger partial charge in [-0.15, -0.1) is 0 Å². The number of carboxylic acids is 1. The summed E-state index contributed by atoms with van der Waals surface area (Å²) in [6, 6.07) is -1.21. The molecule has 0 aromatic carbocycles. The van der Waals surface area contributed by atoms with E-state index in [2.05, 4.69) is 0 Å². The number of hydrogen-bond acceptors (Lipinski definition) is 8. The minimum absolute atomic E-state index is 0.665. The van der Waals surface area contributed by atoms with Gasteiger partial charge in [0, 0.05) is 6.42 Å². The zero-order valence-corrected chi connectivity index (χ0v) is 9.38. The lowest BCUT2D eigenvalue weighted by Crippen LogP contribution is -2.65. The molecule has 8 N–H and O–H groups in total.